The molecule has 1 heterocycles. The summed E-state index contributed by atoms with van der Waals surface area (Å²) in [5.41, 5.74) is -0.738. The van der Waals surface area contributed by atoms with E-state index in [-0.39, 0.29) is 0 Å². The van der Waals surface area contributed by atoms with Crippen molar-refractivity contribution in [2.45, 2.75) is 57.5 Å². The van der Waals surface area contributed by atoms with Crippen LogP contribution in [0.2, 0.25) is 0 Å². The summed E-state index contributed by atoms with van der Waals surface area (Å²) in [6.45, 7) is 5.79. The number of carboxylic acids is 1. The second kappa shape index (κ2) is 6.36. The lowest BCUT2D eigenvalue weighted by molar-refractivity contribution is -0.145. The Bertz CT molecular complexity index is 252. The standard InChI is InChI=1S/C13H26N2O2/c1-4-13(5-2,12(16)17)14-10-11-8-6-7-9-15(11)3/h11,14H,4-10H2,1-3H3,(H,16,17). The molecule has 1 unspecified atom stereocenters. The average Bonchev–Trinajstić information content (AvgIpc) is 2.32. The quantitative estimate of drug-likeness (QED) is 0.744. The van der Waals surface area contributed by atoms with Gasteiger partial charge in [-0.25, -0.2) is 0 Å². The summed E-state index contributed by atoms with van der Waals surface area (Å²) < 4.78 is 0. The van der Waals surface area contributed by atoms with Gasteiger partial charge in [0.1, 0.15) is 5.54 Å². The molecule has 1 atom stereocenters. The number of hydrogen-bond acceptors (Lipinski definition) is 3. The van der Waals surface area contributed by atoms with Gasteiger partial charge in [-0.3, -0.25) is 4.79 Å². The number of likely N-dealkylation sites (tertiary alicyclic amines) is 1. The van der Waals surface area contributed by atoms with Gasteiger partial charge in [0.05, 0.1) is 0 Å². The largest absolute Gasteiger partial charge is 0.480 e. The Morgan fingerprint density at radius 2 is 2.06 bits per heavy atom. The van der Waals surface area contributed by atoms with Crippen LogP contribution in [0.5, 0.6) is 0 Å². The van der Waals surface area contributed by atoms with Gasteiger partial charge in [0, 0.05) is 12.6 Å². The average molecular weight is 242 g/mol. The molecule has 0 aromatic rings. The van der Waals surface area contributed by atoms with E-state index in [1.54, 1.807) is 0 Å². The highest BCUT2D eigenvalue weighted by atomic mass is 16.4. The Labute approximate surface area is 104 Å². The molecule has 0 aliphatic carbocycles. The summed E-state index contributed by atoms with van der Waals surface area (Å²) in [7, 11) is 2.13. The normalized spacial score (nSPS) is 22.6. The molecule has 0 amide bonds. The van der Waals surface area contributed by atoms with Gasteiger partial charge in [-0.2, -0.15) is 0 Å². The minimum atomic E-state index is -0.738. The Kier molecular flexibility index (Phi) is 5.40. The third-order valence-corrected chi connectivity index (χ3v) is 4.21. The molecule has 0 bridgehead atoms. The van der Waals surface area contributed by atoms with E-state index in [2.05, 4.69) is 17.3 Å². The number of nitrogens with one attached hydrogen (secondary N) is 1. The van der Waals surface area contributed by atoms with E-state index >= 15 is 0 Å². The zero-order valence-electron chi connectivity index (χ0n) is 11.3. The minimum absolute atomic E-state index is 0.487. The van der Waals surface area contributed by atoms with Gasteiger partial charge in [0.15, 0.2) is 0 Å². The van der Waals surface area contributed by atoms with Crippen molar-refractivity contribution in [3.05, 3.63) is 0 Å². The first kappa shape index (κ1) is 14.5. The summed E-state index contributed by atoms with van der Waals surface area (Å²) >= 11 is 0. The molecule has 1 aliphatic rings. The van der Waals surface area contributed by atoms with E-state index < -0.39 is 11.5 Å². The van der Waals surface area contributed by atoms with Crippen molar-refractivity contribution < 1.29 is 9.90 Å². The molecule has 2 N–H and O–H groups in total. The maximum absolute atomic E-state index is 11.4. The second-order valence-corrected chi connectivity index (χ2v) is 5.11. The van der Waals surface area contributed by atoms with Crippen molar-refractivity contribution in [2.24, 2.45) is 0 Å². The van der Waals surface area contributed by atoms with Gasteiger partial charge in [-0.1, -0.05) is 20.3 Å². The van der Waals surface area contributed by atoms with Crippen LogP contribution >= 0.6 is 0 Å². The summed E-state index contributed by atoms with van der Waals surface area (Å²) in [4.78, 5) is 13.7. The first-order valence-electron chi connectivity index (χ1n) is 6.74. The van der Waals surface area contributed by atoms with Crippen LogP contribution in [0.1, 0.15) is 46.0 Å². The van der Waals surface area contributed by atoms with Gasteiger partial charge in [-0.15, -0.1) is 0 Å². The molecular formula is C13H26N2O2. The summed E-state index contributed by atoms with van der Waals surface area (Å²) in [6.07, 6.45) is 4.96. The summed E-state index contributed by atoms with van der Waals surface area (Å²) in [5, 5.41) is 12.6. The van der Waals surface area contributed by atoms with Gasteiger partial charge in [-0.05, 0) is 39.3 Å². The highest BCUT2D eigenvalue weighted by Crippen LogP contribution is 2.18. The zero-order chi connectivity index (χ0) is 12.9. The molecule has 100 valence electrons. The maximum Gasteiger partial charge on any atom is 0.323 e. The predicted molar refractivity (Wildman–Crippen MR) is 69.2 cm³/mol. The van der Waals surface area contributed by atoms with E-state index in [9.17, 15) is 9.90 Å². The van der Waals surface area contributed by atoms with Crippen molar-refractivity contribution in [3.63, 3.8) is 0 Å². The Morgan fingerprint density at radius 1 is 1.41 bits per heavy atom. The minimum Gasteiger partial charge on any atom is -0.480 e. The summed E-state index contributed by atoms with van der Waals surface area (Å²) in [6, 6.07) is 0.487. The fraction of sp³-hybridized carbons (Fsp3) is 0.923. The number of carbonyl (C=O) groups is 1. The highest BCUT2D eigenvalue weighted by molar-refractivity contribution is 5.78. The van der Waals surface area contributed by atoms with Crippen LogP contribution in [-0.4, -0.2) is 47.7 Å². The van der Waals surface area contributed by atoms with Crippen molar-refractivity contribution in [1.82, 2.24) is 10.2 Å². The second-order valence-electron chi connectivity index (χ2n) is 5.11. The molecule has 17 heavy (non-hydrogen) atoms. The van der Waals surface area contributed by atoms with Gasteiger partial charge < -0.3 is 15.3 Å². The first-order valence-corrected chi connectivity index (χ1v) is 6.74. The number of aliphatic carboxylic acids is 1. The fourth-order valence-corrected chi connectivity index (χ4v) is 2.59. The van der Waals surface area contributed by atoms with Crippen molar-refractivity contribution in [3.8, 4) is 0 Å². The van der Waals surface area contributed by atoms with Crippen LogP contribution in [0, 0.1) is 0 Å². The molecule has 0 saturated carbocycles. The Balaban J connectivity index is 2.54. The van der Waals surface area contributed by atoms with Crippen molar-refractivity contribution >= 4 is 5.97 Å². The van der Waals surface area contributed by atoms with Crippen LogP contribution < -0.4 is 5.32 Å². The highest BCUT2D eigenvalue weighted by Gasteiger charge is 2.35. The third kappa shape index (κ3) is 3.42. The molecule has 1 saturated heterocycles. The number of rotatable bonds is 6. The number of hydrogen-bond donors (Lipinski definition) is 2. The zero-order valence-corrected chi connectivity index (χ0v) is 11.3. The molecular weight excluding hydrogens is 216 g/mol. The molecule has 0 spiro atoms. The smallest absolute Gasteiger partial charge is 0.323 e. The molecule has 4 nitrogen and oxygen atoms in total. The maximum atomic E-state index is 11.4. The monoisotopic (exact) mass is 242 g/mol. The summed E-state index contributed by atoms with van der Waals surface area (Å²) in [5.74, 6) is -0.721. The molecule has 0 aromatic carbocycles. The van der Waals surface area contributed by atoms with Crippen molar-refractivity contribution in [1.29, 1.82) is 0 Å². The van der Waals surface area contributed by atoms with E-state index in [0.717, 1.165) is 13.1 Å². The van der Waals surface area contributed by atoms with Crippen LogP contribution in [0.3, 0.4) is 0 Å². The number of carboxylic acid groups (broad SMARTS) is 1. The van der Waals surface area contributed by atoms with Crippen LogP contribution in [0.25, 0.3) is 0 Å². The topological polar surface area (TPSA) is 52.6 Å². The number of piperidine rings is 1. The van der Waals surface area contributed by atoms with Gasteiger partial charge >= 0.3 is 5.97 Å². The lowest BCUT2D eigenvalue weighted by atomic mass is 9.92. The van der Waals surface area contributed by atoms with Crippen LogP contribution in [0.4, 0.5) is 0 Å². The predicted octanol–water partition coefficient (Wildman–Crippen LogP) is 1.70. The van der Waals surface area contributed by atoms with E-state index in [1.807, 2.05) is 13.8 Å². The number of likely N-dealkylation sites (N-methyl/N-ethyl adjacent to an activating group) is 1. The molecule has 0 aromatic heterocycles. The molecule has 1 rings (SSSR count). The van der Waals surface area contributed by atoms with Crippen LogP contribution in [-0.2, 0) is 4.79 Å². The van der Waals surface area contributed by atoms with Crippen LogP contribution in [0.15, 0.2) is 0 Å². The molecule has 0 radical (unpaired) electrons. The molecule has 1 aliphatic heterocycles. The van der Waals surface area contributed by atoms with E-state index in [0.29, 0.717) is 18.9 Å². The first-order chi connectivity index (χ1) is 8.05. The number of nitrogens with zero attached hydrogens (tertiary/aromatic N) is 1. The van der Waals surface area contributed by atoms with Gasteiger partial charge in [0.2, 0.25) is 0 Å². The lowest BCUT2D eigenvalue weighted by Gasteiger charge is -2.36. The lowest BCUT2D eigenvalue weighted by Crippen LogP contribution is -2.55. The Hall–Kier alpha value is -0.610. The van der Waals surface area contributed by atoms with Crippen molar-refractivity contribution in [2.75, 3.05) is 20.1 Å². The van der Waals surface area contributed by atoms with E-state index in [1.165, 1.54) is 19.3 Å². The van der Waals surface area contributed by atoms with Gasteiger partial charge in [0.25, 0.3) is 0 Å². The third-order valence-electron chi connectivity index (χ3n) is 4.21. The molecule has 1 fully saturated rings. The van der Waals surface area contributed by atoms with E-state index in [4.69, 9.17) is 0 Å². The fourth-order valence-electron chi connectivity index (χ4n) is 2.59. The Morgan fingerprint density at radius 3 is 2.53 bits per heavy atom. The molecule has 4 heteroatoms. The SMILES string of the molecule is CCC(CC)(NCC1CCCCN1C)C(=O)O.